The summed E-state index contributed by atoms with van der Waals surface area (Å²) in [5, 5.41) is 12.3. The second-order valence-electron chi connectivity index (χ2n) is 11.4. The molecule has 6 heterocycles. The number of aromatic nitrogens is 8. The van der Waals surface area contributed by atoms with Crippen molar-refractivity contribution in [1.82, 2.24) is 43.8 Å². The molecule has 0 aromatic carbocycles. The fourth-order valence-electron chi connectivity index (χ4n) is 6.55. The summed E-state index contributed by atoms with van der Waals surface area (Å²) in [6.45, 7) is 2.18. The highest BCUT2D eigenvalue weighted by Crippen LogP contribution is 2.69. The second kappa shape index (κ2) is 8.09. The Hall–Kier alpha value is -4.31. The smallest absolute Gasteiger partial charge is 0.137 e. The van der Waals surface area contributed by atoms with E-state index < -0.39 is 5.67 Å². The molecule has 9 rings (SSSR count). The van der Waals surface area contributed by atoms with Crippen LogP contribution < -0.4 is 5.32 Å². The number of halogens is 1. The van der Waals surface area contributed by atoms with E-state index in [1.807, 2.05) is 37.9 Å². The number of imidazole rings is 1. The summed E-state index contributed by atoms with van der Waals surface area (Å²) in [6.07, 6.45) is 16.0. The third kappa shape index (κ3) is 3.77. The quantitative estimate of drug-likeness (QED) is 0.323. The first-order valence-electron chi connectivity index (χ1n) is 13.3. The van der Waals surface area contributed by atoms with Crippen molar-refractivity contribution in [3.8, 4) is 16.9 Å². The van der Waals surface area contributed by atoms with Crippen molar-refractivity contribution in [2.45, 2.75) is 38.0 Å². The molecule has 196 valence electrons. The lowest BCUT2D eigenvalue weighted by atomic mass is 9.42. The third-order valence-corrected chi connectivity index (χ3v) is 8.37. The van der Waals surface area contributed by atoms with Crippen LogP contribution in [0.5, 0.6) is 0 Å². The van der Waals surface area contributed by atoms with E-state index in [4.69, 9.17) is 4.98 Å². The fraction of sp³-hybridized carbons (Fsp3) is 0.310. The minimum absolute atomic E-state index is 0.214. The minimum Gasteiger partial charge on any atom is -0.349 e. The number of nitrogens with zero attached hydrogens (tertiary/aromatic N) is 8. The standard InChI is InChI=1S/C29H28FN9/c1-36-6-4-26-25(36)5-7-39(26)23-8-21(10-31-11-23)24-15-38(35-34-24)14-22-13-37-12-20(2-3-27(37)33-22)9-32-19-28-16-29(30,17-28)18-28/h2-8,10-13,15,32H,9,14,16-19H2,1H3. The topological polar surface area (TPSA) is 82.8 Å². The molecule has 0 radical (unpaired) electrons. The predicted molar refractivity (Wildman–Crippen MR) is 145 cm³/mol. The molecule has 1 N–H and O–H groups in total. The molecule has 0 saturated heterocycles. The Morgan fingerprint density at radius 2 is 1.87 bits per heavy atom. The number of hydrogen-bond acceptors (Lipinski definition) is 5. The first kappa shape index (κ1) is 22.7. The molecule has 3 fully saturated rings. The molecule has 0 amide bonds. The Balaban J connectivity index is 0.963. The van der Waals surface area contributed by atoms with Gasteiger partial charge in [0.1, 0.15) is 17.0 Å². The van der Waals surface area contributed by atoms with Crippen LogP contribution in [-0.4, -0.2) is 50.7 Å². The van der Waals surface area contributed by atoms with Gasteiger partial charge in [0.2, 0.25) is 0 Å². The van der Waals surface area contributed by atoms with E-state index in [9.17, 15) is 4.39 Å². The largest absolute Gasteiger partial charge is 0.349 e. The molecule has 6 aromatic heterocycles. The minimum atomic E-state index is -0.836. The molecule has 3 aliphatic carbocycles. The zero-order chi connectivity index (χ0) is 26.2. The normalized spacial score (nSPS) is 21.9. The summed E-state index contributed by atoms with van der Waals surface area (Å²) in [5.74, 6) is 0. The van der Waals surface area contributed by atoms with Crippen LogP contribution in [-0.2, 0) is 20.1 Å². The van der Waals surface area contributed by atoms with Gasteiger partial charge in [-0.25, -0.2) is 14.1 Å². The molecule has 0 atom stereocenters. The molecule has 39 heavy (non-hydrogen) atoms. The first-order chi connectivity index (χ1) is 18.9. The van der Waals surface area contributed by atoms with E-state index in [2.05, 4.69) is 77.0 Å². The van der Waals surface area contributed by atoms with Gasteiger partial charge in [-0.2, -0.15) is 0 Å². The van der Waals surface area contributed by atoms with Crippen molar-refractivity contribution in [3.63, 3.8) is 0 Å². The van der Waals surface area contributed by atoms with Crippen molar-refractivity contribution < 1.29 is 4.39 Å². The Labute approximate surface area is 223 Å². The van der Waals surface area contributed by atoms with Gasteiger partial charge >= 0.3 is 0 Å². The van der Waals surface area contributed by atoms with Crippen LogP contribution in [0.25, 0.3) is 33.6 Å². The molecule has 10 heteroatoms. The monoisotopic (exact) mass is 521 g/mol. The second-order valence-corrected chi connectivity index (χ2v) is 11.4. The lowest BCUT2D eigenvalue weighted by Crippen LogP contribution is -2.67. The predicted octanol–water partition coefficient (Wildman–Crippen LogP) is 4.30. The van der Waals surface area contributed by atoms with Crippen LogP contribution in [0.1, 0.15) is 30.5 Å². The number of hydrogen-bond donors (Lipinski definition) is 1. The van der Waals surface area contributed by atoms with E-state index in [1.54, 1.807) is 4.68 Å². The molecule has 0 spiro atoms. The average Bonchev–Trinajstić information content (AvgIpc) is 3.68. The van der Waals surface area contributed by atoms with Gasteiger partial charge in [0, 0.05) is 56.7 Å². The number of rotatable bonds is 8. The molecule has 3 aliphatic rings. The molecule has 2 bridgehead atoms. The lowest BCUT2D eigenvalue weighted by molar-refractivity contribution is -0.209. The highest BCUT2D eigenvalue weighted by molar-refractivity contribution is 5.79. The van der Waals surface area contributed by atoms with E-state index in [0.717, 1.165) is 66.2 Å². The van der Waals surface area contributed by atoms with Gasteiger partial charge in [-0.1, -0.05) is 11.3 Å². The van der Waals surface area contributed by atoms with Crippen molar-refractivity contribution in [2.75, 3.05) is 6.54 Å². The molecule has 3 saturated carbocycles. The van der Waals surface area contributed by atoms with Gasteiger partial charge in [-0.05, 0) is 54.5 Å². The van der Waals surface area contributed by atoms with Crippen LogP contribution in [0.4, 0.5) is 4.39 Å². The maximum absolute atomic E-state index is 13.8. The first-order valence-corrected chi connectivity index (χ1v) is 13.3. The Morgan fingerprint density at radius 1 is 1.00 bits per heavy atom. The van der Waals surface area contributed by atoms with Crippen molar-refractivity contribution in [3.05, 3.63) is 85.0 Å². The van der Waals surface area contributed by atoms with Crippen molar-refractivity contribution in [2.24, 2.45) is 12.5 Å². The van der Waals surface area contributed by atoms with Crippen LogP contribution in [0.3, 0.4) is 0 Å². The zero-order valence-electron chi connectivity index (χ0n) is 21.6. The molecule has 0 unspecified atom stereocenters. The van der Waals surface area contributed by atoms with E-state index >= 15 is 0 Å². The Bertz CT molecular complexity index is 1840. The van der Waals surface area contributed by atoms with E-state index in [1.165, 1.54) is 11.1 Å². The molecule has 0 aliphatic heterocycles. The number of pyridine rings is 2. The van der Waals surface area contributed by atoms with Crippen LogP contribution >= 0.6 is 0 Å². The highest BCUT2D eigenvalue weighted by atomic mass is 19.1. The number of alkyl halides is 1. The van der Waals surface area contributed by atoms with Gasteiger partial charge in [-0.15, -0.1) is 5.10 Å². The van der Waals surface area contributed by atoms with Gasteiger partial charge in [0.15, 0.2) is 0 Å². The summed E-state index contributed by atoms with van der Waals surface area (Å²) < 4.78 is 21.8. The van der Waals surface area contributed by atoms with Crippen LogP contribution in [0.2, 0.25) is 0 Å². The SMILES string of the molecule is Cn1ccc2c1ccn2-c1cncc(-c2cn(Cc3cn4cc(CNCC56CC(F)(C5)C6)ccc4n3)nn2)c1. The average molecular weight is 522 g/mol. The van der Waals surface area contributed by atoms with Gasteiger partial charge < -0.3 is 18.9 Å². The zero-order valence-corrected chi connectivity index (χ0v) is 21.6. The van der Waals surface area contributed by atoms with E-state index in [-0.39, 0.29) is 5.41 Å². The third-order valence-electron chi connectivity index (χ3n) is 8.37. The Kier molecular flexibility index (Phi) is 4.70. The summed E-state index contributed by atoms with van der Waals surface area (Å²) >= 11 is 0. The number of aryl methyl sites for hydroxylation is 1. The Morgan fingerprint density at radius 3 is 2.74 bits per heavy atom. The number of fused-ring (bicyclic) bond motifs is 2. The summed E-state index contributed by atoms with van der Waals surface area (Å²) in [7, 11) is 2.04. The fourth-order valence-corrected chi connectivity index (χ4v) is 6.55. The van der Waals surface area contributed by atoms with Gasteiger partial charge in [0.25, 0.3) is 0 Å². The molecule has 9 nitrogen and oxygen atoms in total. The summed E-state index contributed by atoms with van der Waals surface area (Å²) in [6, 6.07) is 10.4. The van der Waals surface area contributed by atoms with Crippen LogP contribution in [0, 0.1) is 5.41 Å². The van der Waals surface area contributed by atoms with Crippen LogP contribution in [0.15, 0.2) is 73.7 Å². The molecular weight excluding hydrogens is 493 g/mol. The highest BCUT2D eigenvalue weighted by Gasteiger charge is 2.68. The number of nitrogens with one attached hydrogen (secondary N) is 1. The lowest BCUT2D eigenvalue weighted by Gasteiger charge is -2.66. The maximum Gasteiger partial charge on any atom is 0.137 e. The molecular formula is C29H28FN9. The summed E-state index contributed by atoms with van der Waals surface area (Å²) in [5.41, 5.74) is 7.31. The van der Waals surface area contributed by atoms with Gasteiger partial charge in [0.05, 0.1) is 41.4 Å². The van der Waals surface area contributed by atoms with Crippen molar-refractivity contribution in [1.29, 1.82) is 0 Å². The maximum atomic E-state index is 13.8. The summed E-state index contributed by atoms with van der Waals surface area (Å²) in [4.78, 5) is 9.23. The van der Waals surface area contributed by atoms with E-state index in [0.29, 0.717) is 6.54 Å². The van der Waals surface area contributed by atoms with Gasteiger partial charge in [-0.3, -0.25) is 4.98 Å². The van der Waals surface area contributed by atoms with Crippen molar-refractivity contribution >= 4 is 16.7 Å². The molecule has 6 aromatic rings.